The number of nitrogens with zero attached hydrogens (tertiary/aromatic N) is 3. The number of hydrogen-bond donors (Lipinski definition) is 1. The first-order chi connectivity index (χ1) is 8.99. The summed E-state index contributed by atoms with van der Waals surface area (Å²) in [6, 6.07) is 3.85. The van der Waals surface area contributed by atoms with Crippen molar-refractivity contribution in [3.63, 3.8) is 0 Å². The van der Waals surface area contributed by atoms with Gasteiger partial charge in [0.1, 0.15) is 10.7 Å². The van der Waals surface area contributed by atoms with E-state index in [0.29, 0.717) is 22.3 Å². The molecule has 1 aliphatic rings. The smallest absolute Gasteiger partial charge is 0.272 e. The Hall–Kier alpha value is -1.53. The lowest BCUT2D eigenvalue weighted by atomic mass is 10.2. The van der Waals surface area contributed by atoms with E-state index < -0.39 is 0 Å². The summed E-state index contributed by atoms with van der Waals surface area (Å²) in [7, 11) is 4.07. The van der Waals surface area contributed by atoms with Crippen molar-refractivity contribution in [2.75, 3.05) is 27.2 Å². The van der Waals surface area contributed by atoms with Crippen LogP contribution in [0.2, 0.25) is 0 Å². The third-order valence-corrected chi connectivity index (χ3v) is 3.68. The van der Waals surface area contributed by atoms with Gasteiger partial charge in [0.25, 0.3) is 5.91 Å². The molecule has 2 heterocycles. The van der Waals surface area contributed by atoms with E-state index in [1.54, 1.807) is 18.3 Å². The maximum absolute atomic E-state index is 12.3. The van der Waals surface area contributed by atoms with Gasteiger partial charge in [0, 0.05) is 30.9 Å². The molecule has 5 nitrogen and oxygen atoms in total. The van der Waals surface area contributed by atoms with Crippen molar-refractivity contribution in [1.29, 1.82) is 0 Å². The maximum atomic E-state index is 12.3. The van der Waals surface area contributed by atoms with Crippen LogP contribution in [0.1, 0.15) is 22.5 Å². The lowest BCUT2D eigenvalue weighted by Crippen LogP contribution is -2.34. The number of carbonyl (C=O) groups is 1. The largest absolute Gasteiger partial charge is 0.389 e. The van der Waals surface area contributed by atoms with E-state index in [0.717, 1.165) is 19.5 Å². The average Bonchev–Trinajstić information content (AvgIpc) is 2.87. The zero-order valence-electron chi connectivity index (χ0n) is 11.2. The van der Waals surface area contributed by atoms with Crippen LogP contribution in [0.5, 0.6) is 0 Å². The van der Waals surface area contributed by atoms with Crippen LogP contribution in [0.25, 0.3) is 0 Å². The van der Waals surface area contributed by atoms with Gasteiger partial charge in [-0.1, -0.05) is 12.2 Å². The summed E-state index contributed by atoms with van der Waals surface area (Å²) in [4.78, 5) is 20.7. The normalized spacial score (nSPS) is 18.9. The third-order valence-electron chi connectivity index (χ3n) is 3.45. The van der Waals surface area contributed by atoms with Crippen LogP contribution < -0.4 is 5.73 Å². The van der Waals surface area contributed by atoms with Crippen molar-refractivity contribution in [2.24, 2.45) is 5.73 Å². The highest BCUT2D eigenvalue weighted by molar-refractivity contribution is 7.80. The van der Waals surface area contributed by atoms with E-state index in [-0.39, 0.29) is 5.91 Å². The van der Waals surface area contributed by atoms with Gasteiger partial charge in [0.05, 0.1) is 0 Å². The van der Waals surface area contributed by atoms with Crippen LogP contribution in [0.15, 0.2) is 18.3 Å². The molecule has 1 atom stereocenters. The van der Waals surface area contributed by atoms with Crippen molar-refractivity contribution in [3.05, 3.63) is 29.6 Å². The Kier molecular flexibility index (Phi) is 4.11. The van der Waals surface area contributed by atoms with Crippen molar-refractivity contribution in [2.45, 2.75) is 12.5 Å². The average molecular weight is 278 g/mol. The SMILES string of the molecule is CN(C)C1CCN(C(=O)c2ccc(C(N)=S)cn2)C1. The molecule has 1 fully saturated rings. The van der Waals surface area contributed by atoms with Crippen LogP contribution in [0, 0.1) is 0 Å². The summed E-state index contributed by atoms with van der Waals surface area (Å²) in [5.74, 6) is -0.0289. The number of hydrogen-bond acceptors (Lipinski definition) is 4. The molecule has 19 heavy (non-hydrogen) atoms. The van der Waals surface area contributed by atoms with E-state index >= 15 is 0 Å². The van der Waals surface area contributed by atoms with Gasteiger partial charge in [0.2, 0.25) is 0 Å². The molecule has 0 aromatic carbocycles. The summed E-state index contributed by atoms with van der Waals surface area (Å²) >= 11 is 4.86. The van der Waals surface area contributed by atoms with Crippen molar-refractivity contribution in [3.8, 4) is 0 Å². The number of nitrogens with two attached hydrogens (primary N) is 1. The molecule has 6 heteroatoms. The second kappa shape index (κ2) is 5.63. The molecule has 2 N–H and O–H groups in total. The Bertz CT molecular complexity index is 486. The lowest BCUT2D eigenvalue weighted by Gasteiger charge is -2.20. The van der Waals surface area contributed by atoms with Gasteiger partial charge in [-0.15, -0.1) is 0 Å². The number of likely N-dealkylation sites (N-methyl/N-ethyl adjacent to an activating group) is 1. The highest BCUT2D eigenvalue weighted by Crippen LogP contribution is 2.15. The van der Waals surface area contributed by atoms with Gasteiger partial charge < -0.3 is 15.5 Å². The molecule has 0 aliphatic carbocycles. The molecule has 1 unspecified atom stereocenters. The quantitative estimate of drug-likeness (QED) is 0.815. The lowest BCUT2D eigenvalue weighted by molar-refractivity contribution is 0.0777. The summed E-state index contributed by atoms with van der Waals surface area (Å²) in [5, 5.41) is 0. The number of carbonyl (C=O) groups excluding carboxylic acids is 1. The standard InChI is InChI=1S/C13H18N4OS/c1-16(2)10-5-6-17(8-10)13(18)11-4-3-9(7-15-11)12(14)19/h3-4,7,10H,5-6,8H2,1-2H3,(H2,14,19). The van der Waals surface area contributed by atoms with Gasteiger partial charge in [-0.3, -0.25) is 9.78 Å². The molecular weight excluding hydrogens is 260 g/mol. The summed E-state index contributed by atoms with van der Waals surface area (Å²) in [6.45, 7) is 1.53. The first-order valence-electron chi connectivity index (χ1n) is 6.20. The molecule has 1 aliphatic heterocycles. The van der Waals surface area contributed by atoms with E-state index in [2.05, 4.69) is 9.88 Å². The Morgan fingerprint density at radius 2 is 2.26 bits per heavy atom. The molecule has 0 radical (unpaired) electrons. The van der Waals surface area contributed by atoms with Crippen molar-refractivity contribution in [1.82, 2.24) is 14.8 Å². The second-order valence-corrected chi connectivity index (χ2v) is 5.39. The minimum atomic E-state index is -0.0289. The van der Waals surface area contributed by atoms with Crippen LogP contribution in [-0.4, -0.2) is 58.9 Å². The van der Waals surface area contributed by atoms with E-state index in [9.17, 15) is 4.79 Å². The molecule has 1 amide bonds. The zero-order chi connectivity index (χ0) is 14.0. The van der Waals surface area contributed by atoms with Gasteiger partial charge in [-0.2, -0.15) is 0 Å². The minimum Gasteiger partial charge on any atom is -0.389 e. The zero-order valence-corrected chi connectivity index (χ0v) is 12.0. The first kappa shape index (κ1) is 13.9. The number of amides is 1. The third kappa shape index (κ3) is 3.08. The fraction of sp³-hybridized carbons (Fsp3) is 0.462. The fourth-order valence-electron chi connectivity index (χ4n) is 2.18. The van der Waals surface area contributed by atoms with E-state index in [4.69, 9.17) is 18.0 Å². The Labute approximate surface area is 118 Å². The van der Waals surface area contributed by atoms with Gasteiger partial charge in [-0.25, -0.2) is 0 Å². The molecule has 0 bridgehead atoms. The topological polar surface area (TPSA) is 62.5 Å². The number of thiocarbonyl (C=S) groups is 1. The summed E-state index contributed by atoms with van der Waals surface area (Å²) in [6.07, 6.45) is 2.55. The number of likely N-dealkylation sites (tertiary alicyclic amines) is 1. The predicted octanol–water partition coefficient (Wildman–Crippen LogP) is 0.492. The van der Waals surface area contributed by atoms with Crippen molar-refractivity contribution >= 4 is 23.1 Å². The van der Waals surface area contributed by atoms with Gasteiger partial charge >= 0.3 is 0 Å². The Balaban J connectivity index is 2.06. The molecule has 2 rings (SSSR count). The molecule has 1 aromatic heterocycles. The van der Waals surface area contributed by atoms with Crippen LogP contribution in [-0.2, 0) is 0 Å². The van der Waals surface area contributed by atoms with Gasteiger partial charge in [0.15, 0.2) is 0 Å². The van der Waals surface area contributed by atoms with Crippen LogP contribution >= 0.6 is 12.2 Å². The molecule has 1 aromatic rings. The summed E-state index contributed by atoms with van der Waals surface area (Å²) < 4.78 is 0. The number of pyridine rings is 1. The number of rotatable bonds is 3. The summed E-state index contributed by atoms with van der Waals surface area (Å²) in [5.41, 5.74) is 6.63. The first-order valence-corrected chi connectivity index (χ1v) is 6.61. The predicted molar refractivity (Wildman–Crippen MR) is 78.1 cm³/mol. The van der Waals surface area contributed by atoms with Crippen LogP contribution in [0.4, 0.5) is 0 Å². The van der Waals surface area contributed by atoms with Gasteiger partial charge in [-0.05, 0) is 32.6 Å². The Morgan fingerprint density at radius 3 is 2.74 bits per heavy atom. The van der Waals surface area contributed by atoms with Crippen LogP contribution in [0.3, 0.4) is 0 Å². The minimum absolute atomic E-state index is 0.0289. The Morgan fingerprint density at radius 1 is 1.53 bits per heavy atom. The maximum Gasteiger partial charge on any atom is 0.272 e. The highest BCUT2D eigenvalue weighted by atomic mass is 32.1. The van der Waals surface area contributed by atoms with E-state index in [1.807, 2.05) is 19.0 Å². The fourth-order valence-corrected chi connectivity index (χ4v) is 2.30. The molecule has 0 saturated carbocycles. The molecule has 1 saturated heterocycles. The number of aromatic nitrogens is 1. The second-order valence-electron chi connectivity index (χ2n) is 4.95. The molecule has 102 valence electrons. The monoisotopic (exact) mass is 278 g/mol. The highest BCUT2D eigenvalue weighted by Gasteiger charge is 2.28. The van der Waals surface area contributed by atoms with Crippen molar-refractivity contribution < 1.29 is 4.79 Å². The van der Waals surface area contributed by atoms with E-state index in [1.165, 1.54) is 0 Å². The molecule has 0 spiro atoms. The molecular formula is C13H18N4OS.